The second-order valence-electron chi connectivity index (χ2n) is 17.2. The molecule has 11 rings (SSSR count). The van der Waals surface area contributed by atoms with E-state index in [1.807, 2.05) is 0 Å². The smallest absolute Gasteiger partial charge is 0.399 e. The third-order valence-corrected chi connectivity index (χ3v) is 14.1. The Balaban J connectivity index is 1.16. The molecule has 1 spiro atoms. The summed E-state index contributed by atoms with van der Waals surface area (Å²) in [7, 11) is -0.334. The van der Waals surface area contributed by atoms with Crippen molar-refractivity contribution in [3.8, 4) is 33.4 Å². The standard InChI is InChI=1S/C43H45BO2/c1-40(2)36-13-8-7-10-32(36)35-12-9-11-31(39(35)40)27-14-16-33-34-17-15-30(44-45-41(3,4)42(5,6)46-44)24-38(34)43(37(33)23-27)28-19-25-18-26(21-28)22-29(43)20-25/h7-17,23-26,28-29H,18-22H2,1-6H3. The van der Waals surface area contributed by atoms with Gasteiger partial charge in [-0.15, -0.1) is 0 Å². The average molecular weight is 605 g/mol. The predicted octanol–water partition coefficient (Wildman–Crippen LogP) is 9.68. The lowest BCUT2D eigenvalue weighted by Gasteiger charge is -2.61. The summed E-state index contributed by atoms with van der Waals surface area (Å²) in [5, 5.41) is 0. The molecule has 4 aromatic carbocycles. The van der Waals surface area contributed by atoms with Crippen LogP contribution >= 0.6 is 0 Å². The van der Waals surface area contributed by atoms with Crippen molar-refractivity contribution in [3.63, 3.8) is 0 Å². The van der Waals surface area contributed by atoms with Gasteiger partial charge in [0.15, 0.2) is 0 Å². The number of hydrogen-bond donors (Lipinski definition) is 0. The minimum atomic E-state index is -0.349. The van der Waals surface area contributed by atoms with Gasteiger partial charge in [0.25, 0.3) is 0 Å². The van der Waals surface area contributed by atoms with E-state index in [0.717, 1.165) is 11.8 Å². The molecule has 1 aliphatic heterocycles. The fourth-order valence-electron chi connectivity index (χ4n) is 11.6. The van der Waals surface area contributed by atoms with Crippen molar-refractivity contribution in [2.45, 2.75) is 95.7 Å². The Bertz CT molecular complexity index is 1920. The van der Waals surface area contributed by atoms with Gasteiger partial charge in [0.2, 0.25) is 0 Å². The summed E-state index contributed by atoms with van der Waals surface area (Å²) in [5.41, 5.74) is 15.1. The fraction of sp³-hybridized carbons (Fsp3) is 0.442. The quantitative estimate of drug-likeness (QED) is 0.212. The van der Waals surface area contributed by atoms with E-state index in [-0.39, 0.29) is 29.2 Å². The van der Waals surface area contributed by atoms with Crippen LogP contribution in [0.3, 0.4) is 0 Å². The Morgan fingerprint density at radius 1 is 0.543 bits per heavy atom. The summed E-state index contributed by atoms with van der Waals surface area (Å²) < 4.78 is 13.2. The molecule has 232 valence electrons. The molecule has 46 heavy (non-hydrogen) atoms. The molecular weight excluding hydrogens is 559 g/mol. The average Bonchev–Trinajstić information content (AvgIpc) is 3.54. The van der Waals surface area contributed by atoms with Crippen LogP contribution in [0, 0.1) is 23.7 Å². The van der Waals surface area contributed by atoms with E-state index in [1.54, 1.807) is 11.1 Å². The summed E-state index contributed by atoms with van der Waals surface area (Å²) in [6.07, 6.45) is 6.96. The zero-order valence-corrected chi connectivity index (χ0v) is 28.2. The van der Waals surface area contributed by atoms with Crippen molar-refractivity contribution in [1.29, 1.82) is 0 Å². The Labute approximate surface area is 275 Å². The summed E-state index contributed by atoms with van der Waals surface area (Å²) in [5.74, 6) is 3.23. The fourth-order valence-corrected chi connectivity index (χ4v) is 11.6. The van der Waals surface area contributed by atoms with Gasteiger partial charge in [0, 0.05) is 10.8 Å². The van der Waals surface area contributed by atoms with Crippen LogP contribution in [0.15, 0.2) is 78.9 Å². The molecule has 7 aliphatic rings. The van der Waals surface area contributed by atoms with Gasteiger partial charge in [-0.2, -0.15) is 0 Å². The number of fused-ring (bicyclic) bond motifs is 6. The van der Waals surface area contributed by atoms with Crippen LogP contribution in [0.2, 0.25) is 0 Å². The van der Waals surface area contributed by atoms with Crippen molar-refractivity contribution >= 4 is 12.6 Å². The van der Waals surface area contributed by atoms with Crippen LogP contribution in [-0.2, 0) is 20.1 Å². The maximum absolute atomic E-state index is 6.62. The van der Waals surface area contributed by atoms with Gasteiger partial charge in [0.1, 0.15) is 0 Å². The molecule has 0 amide bonds. The van der Waals surface area contributed by atoms with E-state index < -0.39 is 0 Å². The second kappa shape index (κ2) is 8.85. The molecule has 3 heteroatoms. The number of benzene rings is 4. The SMILES string of the molecule is CC1(C)c2ccccc2-c2cccc(-c3ccc4c(c3)C3(c5cc(B6OC(C)(C)C(C)(C)O6)ccc5-4)C4CC5CC(C4)CC3C5)c21. The first-order valence-electron chi connectivity index (χ1n) is 17.9. The lowest BCUT2D eigenvalue weighted by atomic mass is 9.43. The highest BCUT2D eigenvalue weighted by molar-refractivity contribution is 6.62. The monoisotopic (exact) mass is 604 g/mol. The molecular formula is C43H45BO2. The maximum atomic E-state index is 6.62. The highest BCUT2D eigenvalue weighted by atomic mass is 16.7. The van der Waals surface area contributed by atoms with Gasteiger partial charge in [-0.25, -0.2) is 0 Å². The molecule has 2 nitrogen and oxygen atoms in total. The number of rotatable bonds is 2. The maximum Gasteiger partial charge on any atom is 0.494 e. The Morgan fingerprint density at radius 3 is 1.80 bits per heavy atom. The zero-order chi connectivity index (χ0) is 31.4. The highest BCUT2D eigenvalue weighted by Crippen LogP contribution is 2.69. The predicted molar refractivity (Wildman–Crippen MR) is 188 cm³/mol. The van der Waals surface area contributed by atoms with Crippen molar-refractivity contribution in [3.05, 3.63) is 101 Å². The van der Waals surface area contributed by atoms with Crippen LogP contribution in [0.25, 0.3) is 33.4 Å². The lowest BCUT2D eigenvalue weighted by Crippen LogP contribution is -2.55. The largest absolute Gasteiger partial charge is 0.494 e. The van der Waals surface area contributed by atoms with Crippen molar-refractivity contribution in [1.82, 2.24) is 0 Å². The molecule has 0 atom stereocenters. The summed E-state index contributed by atoms with van der Waals surface area (Å²) in [6, 6.07) is 30.8. The zero-order valence-electron chi connectivity index (χ0n) is 28.2. The number of hydrogen-bond acceptors (Lipinski definition) is 2. The second-order valence-corrected chi connectivity index (χ2v) is 17.2. The molecule has 0 N–H and O–H groups in total. The Kier molecular flexibility index (Phi) is 5.38. The molecule has 4 bridgehead atoms. The molecule has 5 fully saturated rings. The minimum Gasteiger partial charge on any atom is -0.399 e. The summed E-state index contributed by atoms with van der Waals surface area (Å²) in [4.78, 5) is 0. The van der Waals surface area contributed by atoms with E-state index in [4.69, 9.17) is 9.31 Å². The molecule has 4 aromatic rings. The van der Waals surface area contributed by atoms with E-state index in [9.17, 15) is 0 Å². The van der Waals surface area contributed by atoms with Crippen LogP contribution in [0.1, 0.15) is 95.9 Å². The van der Waals surface area contributed by atoms with Crippen molar-refractivity contribution < 1.29 is 9.31 Å². The molecule has 1 saturated heterocycles. The topological polar surface area (TPSA) is 18.5 Å². The first kappa shape index (κ1) is 27.9. The van der Waals surface area contributed by atoms with Gasteiger partial charge >= 0.3 is 7.12 Å². The first-order chi connectivity index (χ1) is 22.0. The van der Waals surface area contributed by atoms with Gasteiger partial charge < -0.3 is 9.31 Å². The van der Waals surface area contributed by atoms with Gasteiger partial charge in [0.05, 0.1) is 11.2 Å². The van der Waals surface area contributed by atoms with Crippen LogP contribution in [0.5, 0.6) is 0 Å². The first-order valence-corrected chi connectivity index (χ1v) is 17.9. The third-order valence-electron chi connectivity index (χ3n) is 14.1. The summed E-state index contributed by atoms with van der Waals surface area (Å²) >= 11 is 0. The highest BCUT2D eigenvalue weighted by Gasteiger charge is 2.62. The lowest BCUT2D eigenvalue weighted by molar-refractivity contribution is -0.0399. The van der Waals surface area contributed by atoms with Gasteiger partial charge in [-0.1, -0.05) is 86.6 Å². The van der Waals surface area contributed by atoms with E-state index in [0.29, 0.717) is 11.8 Å². The van der Waals surface area contributed by atoms with Gasteiger partial charge in [-0.05, 0) is 151 Å². The minimum absolute atomic E-state index is 0.0391. The van der Waals surface area contributed by atoms with Crippen LogP contribution in [-0.4, -0.2) is 18.3 Å². The van der Waals surface area contributed by atoms with Crippen molar-refractivity contribution in [2.75, 3.05) is 0 Å². The normalized spacial score (nSPS) is 31.2. The van der Waals surface area contributed by atoms with E-state index in [2.05, 4.69) is 120 Å². The molecule has 0 aromatic heterocycles. The molecule has 0 unspecified atom stereocenters. The van der Waals surface area contributed by atoms with E-state index in [1.165, 1.54) is 82.1 Å². The molecule has 1 heterocycles. The van der Waals surface area contributed by atoms with Crippen LogP contribution in [0.4, 0.5) is 0 Å². The Hall–Kier alpha value is -3.14. The molecule has 4 saturated carbocycles. The van der Waals surface area contributed by atoms with Crippen LogP contribution < -0.4 is 5.46 Å². The van der Waals surface area contributed by atoms with Gasteiger partial charge in [-0.3, -0.25) is 0 Å². The van der Waals surface area contributed by atoms with Crippen molar-refractivity contribution in [2.24, 2.45) is 23.7 Å². The third kappa shape index (κ3) is 3.37. The molecule has 0 radical (unpaired) electrons. The van der Waals surface area contributed by atoms with E-state index >= 15 is 0 Å². The Morgan fingerprint density at radius 2 is 1.11 bits per heavy atom. The summed E-state index contributed by atoms with van der Waals surface area (Å²) in [6.45, 7) is 13.5. The molecule has 6 aliphatic carbocycles.